The summed E-state index contributed by atoms with van der Waals surface area (Å²) in [7, 11) is -4.01. The van der Waals surface area contributed by atoms with Crippen molar-refractivity contribution in [2.75, 3.05) is 10.7 Å². The molecule has 0 spiro atoms. The molecule has 1 aliphatic heterocycles. The Balaban J connectivity index is 1.90. The van der Waals surface area contributed by atoms with Crippen molar-refractivity contribution in [1.29, 1.82) is 0 Å². The molecule has 3 N–H and O–H groups in total. The van der Waals surface area contributed by atoms with Crippen molar-refractivity contribution in [3.05, 3.63) is 58.6 Å². The number of aromatic amines is 1. The number of nitrogens with one attached hydrogen (secondary N) is 1. The Morgan fingerprint density at radius 1 is 1.29 bits per heavy atom. The van der Waals surface area contributed by atoms with Crippen LogP contribution in [0.25, 0.3) is 11.4 Å². The number of carbonyl (C=O) groups is 1. The van der Waals surface area contributed by atoms with E-state index in [1.165, 1.54) is 11.0 Å². The normalized spacial score (nSPS) is 18.0. The van der Waals surface area contributed by atoms with E-state index in [4.69, 9.17) is 17.3 Å². The molecule has 0 aliphatic carbocycles. The number of nitrogens with zero attached hydrogens (tertiary/aromatic N) is 3. The Morgan fingerprint density at radius 2 is 2.00 bits per heavy atom. The fourth-order valence-corrected chi connectivity index (χ4v) is 5.09. The molecule has 1 aliphatic rings. The molecule has 1 atom stereocenters. The van der Waals surface area contributed by atoms with E-state index in [-0.39, 0.29) is 28.5 Å². The lowest BCUT2D eigenvalue weighted by Gasteiger charge is -2.24. The number of benzene rings is 2. The largest absolute Gasteiger partial charge is 0.319 e. The van der Waals surface area contributed by atoms with E-state index in [9.17, 15) is 17.6 Å². The lowest BCUT2D eigenvalue weighted by Crippen LogP contribution is -2.45. The van der Waals surface area contributed by atoms with E-state index in [1.54, 1.807) is 24.3 Å². The molecule has 8 nitrogen and oxygen atoms in total. The summed E-state index contributed by atoms with van der Waals surface area (Å²) in [6.07, 6.45) is 0.559. The van der Waals surface area contributed by atoms with Crippen LogP contribution in [0, 0.1) is 5.82 Å². The topological polar surface area (TPSA) is 122 Å². The maximum absolute atomic E-state index is 14.9. The summed E-state index contributed by atoms with van der Waals surface area (Å²) in [5.74, 6) is -1.39. The third-order valence-electron chi connectivity index (χ3n) is 5.02. The van der Waals surface area contributed by atoms with Gasteiger partial charge in [-0.1, -0.05) is 30.7 Å². The number of halogens is 2. The van der Waals surface area contributed by atoms with Crippen LogP contribution < -0.4 is 10.6 Å². The lowest BCUT2D eigenvalue weighted by molar-refractivity contribution is -0.119. The molecule has 0 saturated heterocycles. The van der Waals surface area contributed by atoms with Gasteiger partial charge in [0, 0.05) is 11.4 Å². The minimum absolute atomic E-state index is 0.0192. The van der Waals surface area contributed by atoms with Crippen molar-refractivity contribution in [1.82, 2.24) is 15.2 Å². The number of sulfone groups is 1. The van der Waals surface area contributed by atoms with Crippen molar-refractivity contribution >= 4 is 33.0 Å². The highest BCUT2D eigenvalue weighted by Crippen LogP contribution is 2.36. The first kappa shape index (κ1) is 21.4. The number of aryl methyl sites for hydroxylation is 1. The molecule has 0 radical (unpaired) electrons. The minimum atomic E-state index is -4.01. The Bertz CT molecular complexity index is 1260. The third kappa shape index (κ3) is 4.06. The summed E-state index contributed by atoms with van der Waals surface area (Å²) in [4.78, 5) is 18.2. The molecular weight excluding hydrogens is 445 g/mol. The quantitative estimate of drug-likeness (QED) is 0.612. The van der Waals surface area contributed by atoms with Gasteiger partial charge in [-0.05, 0) is 29.8 Å². The highest BCUT2D eigenvalue weighted by Gasteiger charge is 2.37. The fraction of sp³-hybridized carbons (Fsp3) is 0.250. The Kier molecular flexibility index (Phi) is 5.54. The summed E-state index contributed by atoms with van der Waals surface area (Å²) < 4.78 is 40.7. The van der Waals surface area contributed by atoms with Crippen molar-refractivity contribution in [3.8, 4) is 11.4 Å². The van der Waals surface area contributed by atoms with Crippen molar-refractivity contribution in [2.24, 2.45) is 5.73 Å². The average molecular weight is 464 g/mol. The molecule has 2 aromatic carbocycles. The van der Waals surface area contributed by atoms with Crippen LogP contribution in [0.5, 0.6) is 0 Å². The summed E-state index contributed by atoms with van der Waals surface area (Å²) in [5.41, 5.74) is 6.61. The number of hydrogen-bond donors (Lipinski definition) is 2. The average Bonchev–Trinajstić information content (AvgIpc) is 3.19. The van der Waals surface area contributed by atoms with Gasteiger partial charge in [-0.15, -0.1) is 0 Å². The van der Waals surface area contributed by atoms with Gasteiger partial charge in [0.15, 0.2) is 15.7 Å². The van der Waals surface area contributed by atoms with Crippen molar-refractivity contribution < 1.29 is 17.6 Å². The zero-order chi connectivity index (χ0) is 22.3. The maximum atomic E-state index is 14.9. The molecule has 0 bridgehead atoms. The zero-order valence-corrected chi connectivity index (χ0v) is 18.0. The van der Waals surface area contributed by atoms with Gasteiger partial charge in [0.1, 0.15) is 11.6 Å². The minimum Gasteiger partial charge on any atom is -0.319 e. The van der Waals surface area contributed by atoms with Crippen LogP contribution in [-0.2, 0) is 27.6 Å². The molecule has 1 aromatic heterocycles. The number of H-pyrrole nitrogens is 1. The van der Waals surface area contributed by atoms with Gasteiger partial charge >= 0.3 is 0 Å². The predicted octanol–water partition coefficient (Wildman–Crippen LogP) is 2.47. The number of rotatable bonds is 4. The number of carbonyl (C=O) groups excluding carboxylic acids is 1. The van der Waals surface area contributed by atoms with Gasteiger partial charge in [-0.25, -0.2) is 17.8 Å². The molecule has 1 amide bonds. The first-order chi connectivity index (χ1) is 14.7. The molecule has 31 heavy (non-hydrogen) atoms. The van der Waals surface area contributed by atoms with E-state index >= 15 is 0 Å². The maximum Gasteiger partial charge on any atom is 0.245 e. The van der Waals surface area contributed by atoms with Crippen LogP contribution in [0.1, 0.15) is 18.3 Å². The standard InChI is InChI=1S/C20H19ClFN5O3S/c1-2-18-24-19(26-25-18)13-7-16-17(8-14(13)22)31(29,30)10-15(23)20(28)27(16)9-11-3-5-12(21)6-4-11/h3-8,15H,2,9-10,23H2,1H3,(H,24,25,26)/t15-/m0/s1. The van der Waals surface area contributed by atoms with E-state index in [1.807, 2.05) is 6.92 Å². The number of amides is 1. The first-order valence-corrected chi connectivity index (χ1v) is 11.5. The highest BCUT2D eigenvalue weighted by molar-refractivity contribution is 7.91. The Hall–Kier alpha value is -2.82. The summed E-state index contributed by atoms with van der Waals surface area (Å²) in [6, 6.07) is 7.66. The zero-order valence-electron chi connectivity index (χ0n) is 16.5. The van der Waals surface area contributed by atoms with Crippen molar-refractivity contribution in [3.63, 3.8) is 0 Å². The second-order valence-corrected chi connectivity index (χ2v) is 9.64. The van der Waals surface area contributed by atoms with Gasteiger partial charge < -0.3 is 10.6 Å². The molecule has 3 aromatic rings. The molecule has 162 valence electrons. The van der Waals surface area contributed by atoms with E-state index in [0.717, 1.165) is 6.07 Å². The van der Waals surface area contributed by atoms with Crippen LogP contribution in [-0.4, -0.2) is 41.3 Å². The number of fused-ring (bicyclic) bond motifs is 1. The van der Waals surface area contributed by atoms with Crippen molar-refractivity contribution in [2.45, 2.75) is 30.8 Å². The summed E-state index contributed by atoms with van der Waals surface area (Å²) >= 11 is 5.93. The Morgan fingerprint density at radius 3 is 2.65 bits per heavy atom. The van der Waals surface area contributed by atoms with Crippen LogP contribution in [0.2, 0.25) is 5.02 Å². The lowest BCUT2D eigenvalue weighted by atomic mass is 10.1. The molecule has 0 unspecified atom stereocenters. The van der Waals surface area contributed by atoms with E-state index in [0.29, 0.717) is 22.8 Å². The van der Waals surface area contributed by atoms with E-state index < -0.39 is 33.4 Å². The van der Waals surface area contributed by atoms with Gasteiger partial charge in [-0.2, -0.15) is 5.10 Å². The first-order valence-electron chi connectivity index (χ1n) is 9.49. The second-order valence-electron chi connectivity index (χ2n) is 7.20. The smallest absolute Gasteiger partial charge is 0.245 e. The fourth-order valence-electron chi connectivity index (χ4n) is 3.40. The van der Waals surface area contributed by atoms with Crippen LogP contribution >= 0.6 is 11.6 Å². The van der Waals surface area contributed by atoms with Gasteiger partial charge in [0.2, 0.25) is 5.91 Å². The predicted molar refractivity (Wildman–Crippen MR) is 114 cm³/mol. The van der Waals surface area contributed by atoms with Gasteiger partial charge in [0.25, 0.3) is 0 Å². The number of hydrogen-bond acceptors (Lipinski definition) is 6. The highest BCUT2D eigenvalue weighted by atomic mass is 35.5. The molecular formula is C20H19ClFN5O3S. The molecule has 4 rings (SSSR count). The number of nitrogens with two attached hydrogens (primary N) is 1. The van der Waals surface area contributed by atoms with Crippen LogP contribution in [0.15, 0.2) is 41.3 Å². The molecule has 2 heterocycles. The van der Waals surface area contributed by atoms with Crippen LogP contribution in [0.4, 0.5) is 10.1 Å². The third-order valence-corrected chi connectivity index (χ3v) is 7.07. The summed E-state index contributed by atoms with van der Waals surface area (Å²) in [5, 5.41) is 7.23. The molecule has 0 fully saturated rings. The van der Waals surface area contributed by atoms with Gasteiger partial charge in [0.05, 0.1) is 34.5 Å². The Labute approximate surface area is 183 Å². The van der Waals surface area contributed by atoms with Crippen LogP contribution in [0.3, 0.4) is 0 Å². The number of anilines is 1. The van der Waals surface area contributed by atoms with Gasteiger partial charge in [-0.3, -0.25) is 9.89 Å². The number of aromatic nitrogens is 3. The summed E-state index contributed by atoms with van der Waals surface area (Å²) in [6.45, 7) is 1.89. The second kappa shape index (κ2) is 8.03. The molecule has 11 heteroatoms. The van der Waals surface area contributed by atoms with E-state index in [2.05, 4.69) is 15.2 Å². The SMILES string of the molecule is CCc1nc(-c2cc3c(cc2F)S(=O)(=O)C[C@H](N)C(=O)N3Cc2ccc(Cl)cc2)n[nH]1. The monoisotopic (exact) mass is 463 g/mol. The molecule has 0 saturated carbocycles.